The van der Waals surface area contributed by atoms with E-state index in [1.165, 1.54) is 0 Å². The average Bonchev–Trinajstić information content (AvgIpc) is 3.07. The Balaban J connectivity index is 4.23. The fraction of sp³-hybridized carbons (Fsp3) is 0.812. The summed E-state index contributed by atoms with van der Waals surface area (Å²) in [5.41, 5.74) is -0.519. The second-order valence-electron chi connectivity index (χ2n) is 10.3. The summed E-state index contributed by atoms with van der Waals surface area (Å²) in [7, 11) is 0. The van der Waals surface area contributed by atoms with Gasteiger partial charge in [0, 0.05) is 25.7 Å². The fourth-order valence-electron chi connectivity index (χ4n) is 4.14. The number of hydrogen-bond acceptors (Lipinski definition) is 14. The van der Waals surface area contributed by atoms with E-state index in [4.69, 9.17) is 43.2 Å². The van der Waals surface area contributed by atoms with Crippen molar-refractivity contribution in [3.8, 4) is 6.26 Å². The Morgan fingerprint density at radius 2 is 1.30 bits per heavy atom. The Bertz CT molecular complexity index is 853. The number of unbranched alkanes of at least 4 members (excludes halogenated alkanes) is 1. The number of nitrogens with zero attached hydrogens (tertiary/aromatic N) is 2. The molecule has 0 fully saturated rings. The monoisotopic (exact) mass is 658 g/mol. The first-order valence-corrected chi connectivity index (χ1v) is 15.9. The van der Waals surface area contributed by atoms with Crippen LogP contribution in [0.1, 0.15) is 52.4 Å². The van der Waals surface area contributed by atoms with Crippen LogP contribution in [0.15, 0.2) is 17.6 Å². The lowest BCUT2D eigenvalue weighted by Crippen LogP contribution is -2.42. The van der Waals surface area contributed by atoms with Gasteiger partial charge in [-0.3, -0.25) is 4.79 Å². The lowest BCUT2D eigenvalue weighted by atomic mass is 9.92. The van der Waals surface area contributed by atoms with Gasteiger partial charge in [0.15, 0.2) is 0 Å². The van der Waals surface area contributed by atoms with Crippen molar-refractivity contribution in [1.82, 2.24) is 0 Å². The number of hydrogen-bond donors (Lipinski definition) is 0. The number of aliphatic imine (C=N–C) groups is 1. The molecule has 0 bridgehead atoms. The van der Waals surface area contributed by atoms with E-state index in [-0.39, 0.29) is 38.3 Å². The predicted molar refractivity (Wildman–Crippen MR) is 167 cm³/mol. The van der Waals surface area contributed by atoms with E-state index in [9.17, 15) is 14.4 Å². The molecule has 0 rings (SSSR count). The number of carbonyl (C=O) groups is 2. The van der Waals surface area contributed by atoms with E-state index in [1.807, 2.05) is 13.8 Å². The van der Waals surface area contributed by atoms with E-state index in [2.05, 4.69) is 16.3 Å². The van der Waals surface area contributed by atoms with Crippen molar-refractivity contribution in [2.75, 3.05) is 106 Å². The molecule has 46 heavy (non-hydrogen) atoms. The standard InChI is InChI=1S/C32H54N2O12/c1-4-30(36)45-20-18-40-14-16-42-25-32(23-38-5-2,24-39-6-3)26-43-17-15-41-19-21-46-31(37)12-8-7-10-29(22-34-28-35)11-9-13-44-27-33/h4,29H,1,5-26H2,2-3H3. The smallest absolute Gasteiger partial charge is 0.330 e. The maximum Gasteiger partial charge on any atom is 0.330 e. The third-order valence-corrected chi connectivity index (χ3v) is 6.50. The van der Waals surface area contributed by atoms with Crippen molar-refractivity contribution in [1.29, 1.82) is 5.26 Å². The number of ether oxygens (including phenoxy) is 9. The lowest BCUT2D eigenvalue weighted by Gasteiger charge is -2.32. The molecule has 0 aliphatic rings. The average molecular weight is 659 g/mol. The van der Waals surface area contributed by atoms with Crippen molar-refractivity contribution in [3.63, 3.8) is 0 Å². The third-order valence-electron chi connectivity index (χ3n) is 6.50. The number of carbonyl (C=O) groups excluding carboxylic acids is 3. The molecule has 14 heteroatoms. The van der Waals surface area contributed by atoms with Gasteiger partial charge in [0.25, 0.3) is 6.26 Å². The summed E-state index contributed by atoms with van der Waals surface area (Å²) in [5, 5.41) is 8.44. The maximum absolute atomic E-state index is 12.0. The summed E-state index contributed by atoms with van der Waals surface area (Å²) < 4.78 is 49.0. The molecule has 0 heterocycles. The minimum Gasteiger partial charge on any atom is -0.463 e. The predicted octanol–water partition coefficient (Wildman–Crippen LogP) is 3.17. The molecule has 0 aliphatic heterocycles. The number of rotatable bonds is 34. The molecule has 0 saturated carbocycles. The van der Waals surface area contributed by atoms with Crippen molar-refractivity contribution in [2.24, 2.45) is 16.3 Å². The van der Waals surface area contributed by atoms with Gasteiger partial charge in [-0.25, -0.2) is 14.6 Å². The van der Waals surface area contributed by atoms with Crippen LogP contribution >= 0.6 is 0 Å². The van der Waals surface area contributed by atoms with Gasteiger partial charge in [0.05, 0.1) is 78.0 Å². The Kier molecular flexibility index (Phi) is 30.1. The van der Waals surface area contributed by atoms with Crippen LogP contribution in [0.4, 0.5) is 0 Å². The molecule has 0 aliphatic carbocycles. The van der Waals surface area contributed by atoms with E-state index >= 15 is 0 Å². The first-order valence-electron chi connectivity index (χ1n) is 15.9. The second-order valence-corrected chi connectivity index (χ2v) is 10.3. The van der Waals surface area contributed by atoms with Crippen molar-refractivity contribution < 1.29 is 57.0 Å². The molecule has 0 aromatic carbocycles. The molecule has 264 valence electrons. The summed E-state index contributed by atoms with van der Waals surface area (Å²) in [4.78, 5) is 37.2. The highest BCUT2D eigenvalue weighted by Crippen LogP contribution is 2.21. The largest absolute Gasteiger partial charge is 0.463 e. The molecule has 0 spiro atoms. The summed E-state index contributed by atoms with van der Waals surface area (Å²) in [6.07, 6.45) is 8.34. The molecular formula is C32H54N2O12. The molecule has 1 unspecified atom stereocenters. The molecular weight excluding hydrogens is 604 g/mol. The van der Waals surface area contributed by atoms with Gasteiger partial charge < -0.3 is 42.6 Å². The highest BCUT2D eigenvalue weighted by atomic mass is 16.6. The third kappa shape index (κ3) is 26.3. The van der Waals surface area contributed by atoms with Crippen LogP contribution in [0.5, 0.6) is 0 Å². The Morgan fingerprint density at radius 3 is 1.87 bits per heavy atom. The van der Waals surface area contributed by atoms with Gasteiger partial charge >= 0.3 is 11.9 Å². The Hall–Kier alpha value is -2.89. The molecule has 0 N–H and O–H groups in total. The first-order chi connectivity index (χ1) is 22.5. The van der Waals surface area contributed by atoms with Gasteiger partial charge in [0.2, 0.25) is 6.08 Å². The van der Waals surface area contributed by atoms with E-state index in [1.54, 1.807) is 12.3 Å². The van der Waals surface area contributed by atoms with Crippen molar-refractivity contribution in [3.05, 3.63) is 12.7 Å². The molecule has 1 atom stereocenters. The number of isocyanates is 1. The first kappa shape index (κ1) is 43.1. The Morgan fingerprint density at radius 1 is 0.761 bits per heavy atom. The lowest BCUT2D eigenvalue weighted by molar-refractivity contribution is -0.145. The van der Waals surface area contributed by atoms with Gasteiger partial charge in [-0.05, 0) is 45.4 Å². The molecule has 0 radical (unpaired) electrons. The molecule has 0 aromatic heterocycles. The summed E-state index contributed by atoms with van der Waals surface area (Å²) in [6, 6.07) is 0. The highest BCUT2D eigenvalue weighted by Gasteiger charge is 2.32. The fourth-order valence-corrected chi connectivity index (χ4v) is 4.14. The molecule has 0 amide bonds. The number of nitriles is 1. The van der Waals surface area contributed by atoms with Crippen LogP contribution in [-0.4, -0.2) is 124 Å². The van der Waals surface area contributed by atoms with Gasteiger partial charge in [-0.1, -0.05) is 13.0 Å². The minimum absolute atomic E-state index is 0.146. The quantitative estimate of drug-likeness (QED) is 0.0247. The Labute approximate surface area is 273 Å². The normalized spacial score (nSPS) is 11.7. The summed E-state index contributed by atoms with van der Waals surface area (Å²) in [6.45, 7) is 12.6. The van der Waals surface area contributed by atoms with Crippen LogP contribution in [0.3, 0.4) is 0 Å². The van der Waals surface area contributed by atoms with Gasteiger partial charge in [-0.2, -0.15) is 5.26 Å². The van der Waals surface area contributed by atoms with Gasteiger partial charge in [-0.15, -0.1) is 0 Å². The topological polar surface area (TPSA) is 170 Å². The minimum atomic E-state index is -0.519. The maximum atomic E-state index is 12.0. The molecule has 14 nitrogen and oxygen atoms in total. The molecule has 0 aromatic rings. The van der Waals surface area contributed by atoms with Crippen LogP contribution < -0.4 is 0 Å². The van der Waals surface area contributed by atoms with Crippen LogP contribution in [-0.2, 0) is 57.0 Å². The van der Waals surface area contributed by atoms with Crippen LogP contribution in [0.2, 0.25) is 0 Å². The van der Waals surface area contributed by atoms with E-state index < -0.39 is 11.4 Å². The van der Waals surface area contributed by atoms with Crippen LogP contribution in [0, 0.1) is 22.9 Å². The second kappa shape index (κ2) is 32.1. The van der Waals surface area contributed by atoms with Crippen molar-refractivity contribution in [2.45, 2.75) is 52.4 Å². The summed E-state index contributed by atoms with van der Waals surface area (Å²) in [5.74, 6) is -0.599. The zero-order valence-corrected chi connectivity index (χ0v) is 27.7. The van der Waals surface area contributed by atoms with Crippen molar-refractivity contribution >= 4 is 18.0 Å². The number of esters is 2. The van der Waals surface area contributed by atoms with Crippen LogP contribution in [0.25, 0.3) is 0 Å². The van der Waals surface area contributed by atoms with E-state index in [0.29, 0.717) is 98.5 Å². The zero-order chi connectivity index (χ0) is 34.0. The van der Waals surface area contributed by atoms with E-state index in [0.717, 1.165) is 25.3 Å². The SMILES string of the molecule is C=CC(=O)OCCOCCOCC(COCC)(COCC)COCCOCCOC(=O)CCCCC(CCCOC#N)CN=C=O. The zero-order valence-electron chi connectivity index (χ0n) is 27.7. The molecule has 0 saturated heterocycles. The summed E-state index contributed by atoms with van der Waals surface area (Å²) >= 11 is 0. The highest BCUT2D eigenvalue weighted by molar-refractivity contribution is 5.81. The van der Waals surface area contributed by atoms with Gasteiger partial charge in [0.1, 0.15) is 19.8 Å².